The first-order valence-corrected chi connectivity index (χ1v) is 10.0. The van der Waals surface area contributed by atoms with E-state index in [2.05, 4.69) is 5.32 Å². The van der Waals surface area contributed by atoms with Crippen molar-refractivity contribution in [3.8, 4) is 0 Å². The zero-order valence-electron chi connectivity index (χ0n) is 16.2. The van der Waals surface area contributed by atoms with Gasteiger partial charge in [-0.25, -0.2) is 0 Å². The number of halogens is 1. The zero-order chi connectivity index (χ0) is 21.1. The molecule has 0 spiro atoms. The number of carbonyl (C=O) groups is 2. The molecule has 1 aliphatic heterocycles. The van der Waals surface area contributed by atoms with Gasteiger partial charge in [0.15, 0.2) is 5.78 Å². The van der Waals surface area contributed by atoms with Gasteiger partial charge >= 0.3 is 0 Å². The van der Waals surface area contributed by atoms with Crippen LogP contribution in [0.1, 0.15) is 31.8 Å². The van der Waals surface area contributed by atoms with Gasteiger partial charge in [0, 0.05) is 46.9 Å². The number of benzene rings is 3. The van der Waals surface area contributed by atoms with Crippen molar-refractivity contribution < 1.29 is 9.59 Å². The predicted octanol–water partition coefficient (Wildman–Crippen LogP) is 4.66. The molecular formula is C24H20ClN3O2. The fraction of sp³-hybridized carbons (Fsp3) is 0.125. The second-order valence-corrected chi connectivity index (χ2v) is 7.57. The third-order valence-electron chi connectivity index (χ3n) is 4.96. The van der Waals surface area contributed by atoms with Crippen LogP contribution in [0.15, 0.2) is 72.8 Å². The number of Topliss-reactive ketones (excluding diaryl/α,β-unsaturated/α-hetero) is 1. The second-order valence-electron chi connectivity index (χ2n) is 7.13. The summed E-state index contributed by atoms with van der Waals surface area (Å²) < 4.78 is 0. The van der Waals surface area contributed by atoms with E-state index in [1.54, 1.807) is 66.7 Å². The molecule has 3 aromatic carbocycles. The highest BCUT2D eigenvalue weighted by Crippen LogP contribution is 2.18. The second kappa shape index (κ2) is 8.51. The molecule has 5 nitrogen and oxygen atoms in total. The molecule has 1 saturated heterocycles. The van der Waals surface area contributed by atoms with E-state index in [0.29, 0.717) is 33.2 Å². The summed E-state index contributed by atoms with van der Waals surface area (Å²) in [6, 6.07) is 21.0. The maximum absolute atomic E-state index is 12.8. The Morgan fingerprint density at radius 2 is 1.53 bits per heavy atom. The number of ketones is 1. The molecule has 4 rings (SSSR count). The first-order valence-electron chi connectivity index (χ1n) is 9.63. The van der Waals surface area contributed by atoms with Crippen molar-refractivity contribution in [3.05, 3.63) is 100 Å². The molecule has 1 aliphatic rings. The molecule has 2 N–H and O–H groups in total. The van der Waals surface area contributed by atoms with Crippen molar-refractivity contribution >= 4 is 34.8 Å². The number of nitrogens with zero attached hydrogens (tertiary/aromatic N) is 1. The average Bonchev–Trinajstić information content (AvgIpc) is 3.61. The van der Waals surface area contributed by atoms with E-state index in [9.17, 15) is 9.59 Å². The molecule has 150 valence electrons. The first-order chi connectivity index (χ1) is 14.5. The maximum Gasteiger partial charge on any atom is 0.255 e. The van der Waals surface area contributed by atoms with Crippen LogP contribution in [-0.2, 0) is 6.42 Å². The van der Waals surface area contributed by atoms with Crippen molar-refractivity contribution in [2.75, 3.05) is 18.4 Å². The molecule has 1 amide bonds. The van der Waals surface area contributed by atoms with Gasteiger partial charge in [-0.3, -0.25) is 15.0 Å². The highest BCUT2D eigenvalue weighted by atomic mass is 35.5. The minimum atomic E-state index is -0.275. The van der Waals surface area contributed by atoms with E-state index in [0.717, 1.165) is 18.7 Å². The number of anilines is 1. The van der Waals surface area contributed by atoms with Gasteiger partial charge in [-0.15, -0.1) is 0 Å². The molecular weight excluding hydrogens is 398 g/mol. The van der Waals surface area contributed by atoms with E-state index in [1.165, 1.54) is 0 Å². The zero-order valence-corrected chi connectivity index (χ0v) is 16.9. The highest BCUT2D eigenvalue weighted by Gasteiger charge is 2.22. The van der Waals surface area contributed by atoms with Crippen molar-refractivity contribution in [2.24, 2.45) is 0 Å². The van der Waals surface area contributed by atoms with Crippen LogP contribution in [0, 0.1) is 5.41 Å². The van der Waals surface area contributed by atoms with Crippen LogP contribution in [-0.4, -0.2) is 35.5 Å². The summed E-state index contributed by atoms with van der Waals surface area (Å²) in [5.74, 6) is 0.132. The number of amides is 1. The topological polar surface area (TPSA) is 73.0 Å². The number of hydrogen-bond acceptors (Lipinski definition) is 3. The molecule has 0 atom stereocenters. The Kier molecular flexibility index (Phi) is 5.63. The molecule has 30 heavy (non-hydrogen) atoms. The lowest BCUT2D eigenvalue weighted by Gasteiger charge is -2.11. The molecule has 0 unspecified atom stereocenters. The van der Waals surface area contributed by atoms with Gasteiger partial charge in [0.2, 0.25) is 0 Å². The Balaban J connectivity index is 1.47. The van der Waals surface area contributed by atoms with Crippen LogP contribution in [0.4, 0.5) is 5.69 Å². The minimum Gasteiger partial charge on any atom is -0.353 e. The summed E-state index contributed by atoms with van der Waals surface area (Å²) in [6.07, 6.45) is 0.118. The van der Waals surface area contributed by atoms with E-state index in [4.69, 9.17) is 17.0 Å². The number of nitrogens with one attached hydrogen (secondary N) is 2. The summed E-state index contributed by atoms with van der Waals surface area (Å²) >= 11 is 5.89. The Labute approximate surface area is 179 Å². The van der Waals surface area contributed by atoms with E-state index < -0.39 is 0 Å². The fourth-order valence-corrected chi connectivity index (χ4v) is 3.30. The summed E-state index contributed by atoms with van der Waals surface area (Å²) in [5.41, 5.74) is 3.11. The van der Waals surface area contributed by atoms with Crippen LogP contribution in [0.25, 0.3) is 0 Å². The number of rotatable bonds is 6. The maximum atomic E-state index is 12.8. The van der Waals surface area contributed by atoms with Crippen molar-refractivity contribution in [1.29, 1.82) is 5.41 Å². The molecule has 1 heterocycles. The summed E-state index contributed by atoms with van der Waals surface area (Å²) in [7, 11) is 0. The quantitative estimate of drug-likeness (QED) is 0.265. The smallest absolute Gasteiger partial charge is 0.255 e. The minimum absolute atomic E-state index is 0.0773. The Morgan fingerprint density at radius 1 is 0.900 bits per heavy atom. The monoisotopic (exact) mass is 417 g/mol. The summed E-state index contributed by atoms with van der Waals surface area (Å²) in [5, 5.41) is 11.5. The Bertz CT molecular complexity index is 1100. The average molecular weight is 418 g/mol. The van der Waals surface area contributed by atoms with Gasteiger partial charge in [-0.2, -0.15) is 0 Å². The van der Waals surface area contributed by atoms with Gasteiger partial charge < -0.3 is 10.2 Å². The van der Waals surface area contributed by atoms with Gasteiger partial charge in [0.05, 0.1) is 0 Å². The third kappa shape index (κ3) is 4.58. The first kappa shape index (κ1) is 19.9. The normalized spacial score (nSPS) is 12.4. The third-order valence-corrected chi connectivity index (χ3v) is 5.21. The fourth-order valence-electron chi connectivity index (χ4n) is 3.17. The van der Waals surface area contributed by atoms with Gasteiger partial charge in [-0.1, -0.05) is 54.1 Å². The van der Waals surface area contributed by atoms with Crippen LogP contribution in [0.5, 0.6) is 0 Å². The van der Waals surface area contributed by atoms with Crippen molar-refractivity contribution in [2.45, 2.75) is 6.42 Å². The lowest BCUT2D eigenvalue weighted by molar-refractivity contribution is 0.0992. The lowest BCUT2D eigenvalue weighted by Crippen LogP contribution is -2.16. The highest BCUT2D eigenvalue weighted by molar-refractivity contribution is 6.30. The van der Waals surface area contributed by atoms with Crippen LogP contribution < -0.4 is 5.32 Å². The Morgan fingerprint density at radius 3 is 2.20 bits per heavy atom. The largest absolute Gasteiger partial charge is 0.353 e. The SMILES string of the molecule is N=C(c1ccc(C(=O)Cc2ccccc2C(=O)Nc2ccc(Cl)cc2)cc1)N1CC1. The van der Waals surface area contributed by atoms with Crippen LogP contribution in [0.2, 0.25) is 5.02 Å². The molecule has 0 bridgehead atoms. The van der Waals surface area contributed by atoms with E-state index >= 15 is 0 Å². The molecule has 0 aromatic heterocycles. The predicted molar refractivity (Wildman–Crippen MR) is 119 cm³/mol. The molecule has 0 aliphatic carbocycles. The molecule has 6 heteroatoms. The van der Waals surface area contributed by atoms with Gasteiger partial charge in [0.25, 0.3) is 5.91 Å². The standard InChI is InChI=1S/C24H20ClN3O2/c25-19-9-11-20(12-10-19)27-24(30)21-4-2-1-3-18(21)15-22(29)16-5-7-17(8-6-16)23(26)28-13-14-28/h1-12,26H,13-15H2,(H,27,30). The van der Waals surface area contributed by atoms with Crippen LogP contribution >= 0.6 is 11.6 Å². The van der Waals surface area contributed by atoms with E-state index in [-0.39, 0.29) is 18.1 Å². The Hall–Kier alpha value is -3.44. The van der Waals surface area contributed by atoms with Crippen molar-refractivity contribution in [1.82, 2.24) is 4.90 Å². The number of hydrogen-bond donors (Lipinski definition) is 2. The van der Waals surface area contributed by atoms with Gasteiger partial charge in [-0.05, 0) is 35.9 Å². The molecule has 0 saturated carbocycles. The number of amidine groups is 1. The summed E-state index contributed by atoms with van der Waals surface area (Å²) in [6.45, 7) is 1.82. The molecule has 0 radical (unpaired) electrons. The molecule has 1 fully saturated rings. The lowest BCUT2D eigenvalue weighted by atomic mass is 9.97. The van der Waals surface area contributed by atoms with Crippen molar-refractivity contribution in [3.63, 3.8) is 0 Å². The number of carbonyl (C=O) groups excluding carboxylic acids is 2. The van der Waals surface area contributed by atoms with Gasteiger partial charge in [0.1, 0.15) is 5.84 Å². The summed E-state index contributed by atoms with van der Waals surface area (Å²) in [4.78, 5) is 27.5. The molecule has 3 aromatic rings. The van der Waals surface area contributed by atoms with E-state index in [1.807, 2.05) is 11.0 Å². The van der Waals surface area contributed by atoms with Crippen LogP contribution in [0.3, 0.4) is 0 Å².